The van der Waals surface area contributed by atoms with E-state index in [4.69, 9.17) is 4.52 Å². The van der Waals surface area contributed by atoms with Gasteiger partial charge in [0.05, 0.1) is 11.6 Å². The molecule has 1 aliphatic heterocycles. The number of hydrogen-bond donors (Lipinski definition) is 1. The van der Waals surface area contributed by atoms with Crippen LogP contribution in [0.2, 0.25) is 0 Å². The summed E-state index contributed by atoms with van der Waals surface area (Å²) in [6.45, 7) is 2.88. The Labute approximate surface area is 111 Å². The van der Waals surface area contributed by atoms with Crippen LogP contribution in [-0.4, -0.2) is 40.1 Å². The van der Waals surface area contributed by atoms with Crippen LogP contribution in [0, 0.1) is 5.41 Å². The summed E-state index contributed by atoms with van der Waals surface area (Å²) in [5, 5.41) is 12.9. The minimum absolute atomic E-state index is 0.207. The lowest BCUT2D eigenvalue weighted by molar-refractivity contribution is -0.152. The molecule has 19 heavy (non-hydrogen) atoms. The number of carboxylic acids is 1. The van der Waals surface area contributed by atoms with Gasteiger partial charge in [0, 0.05) is 19.2 Å². The van der Waals surface area contributed by atoms with E-state index in [2.05, 4.69) is 5.16 Å². The van der Waals surface area contributed by atoms with Crippen molar-refractivity contribution in [2.24, 2.45) is 5.41 Å². The van der Waals surface area contributed by atoms with Crippen LogP contribution in [0.1, 0.15) is 43.2 Å². The van der Waals surface area contributed by atoms with Crippen LogP contribution >= 0.6 is 0 Å². The fraction of sp³-hybridized carbons (Fsp3) is 0.615. The molecule has 0 radical (unpaired) electrons. The van der Waals surface area contributed by atoms with E-state index in [-0.39, 0.29) is 11.7 Å². The van der Waals surface area contributed by atoms with Gasteiger partial charge in [-0.3, -0.25) is 9.59 Å². The second-order valence-electron chi connectivity index (χ2n) is 5.00. The molecule has 0 atom stereocenters. The summed E-state index contributed by atoms with van der Waals surface area (Å²) >= 11 is 0. The fourth-order valence-corrected chi connectivity index (χ4v) is 2.67. The minimum atomic E-state index is -0.749. The monoisotopic (exact) mass is 266 g/mol. The van der Waals surface area contributed by atoms with Crippen molar-refractivity contribution in [2.75, 3.05) is 13.1 Å². The van der Waals surface area contributed by atoms with Crippen LogP contribution < -0.4 is 0 Å². The van der Waals surface area contributed by atoms with Crippen molar-refractivity contribution in [3.8, 4) is 0 Å². The first-order valence-corrected chi connectivity index (χ1v) is 6.52. The molecule has 0 spiro atoms. The summed E-state index contributed by atoms with van der Waals surface area (Å²) in [5.74, 6) is -0.757. The summed E-state index contributed by atoms with van der Waals surface area (Å²) in [6, 6.07) is 1.52. The lowest BCUT2D eigenvalue weighted by atomic mass is 9.75. The molecule has 1 fully saturated rings. The van der Waals surface area contributed by atoms with Crippen LogP contribution in [0.3, 0.4) is 0 Å². The molecule has 6 heteroatoms. The first-order valence-electron chi connectivity index (χ1n) is 6.52. The van der Waals surface area contributed by atoms with E-state index >= 15 is 0 Å². The lowest BCUT2D eigenvalue weighted by Gasteiger charge is -2.38. The maximum atomic E-state index is 12.0. The van der Waals surface area contributed by atoms with Gasteiger partial charge in [-0.25, -0.2) is 0 Å². The third-order valence-corrected chi connectivity index (χ3v) is 3.84. The van der Waals surface area contributed by atoms with Crippen molar-refractivity contribution in [3.05, 3.63) is 18.0 Å². The third kappa shape index (κ3) is 2.62. The van der Waals surface area contributed by atoms with Crippen molar-refractivity contribution in [1.82, 2.24) is 10.1 Å². The van der Waals surface area contributed by atoms with Gasteiger partial charge < -0.3 is 14.5 Å². The highest BCUT2D eigenvalue weighted by Crippen LogP contribution is 2.36. The number of carbonyl (C=O) groups is 2. The van der Waals surface area contributed by atoms with Gasteiger partial charge in [0.1, 0.15) is 0 Å². The van der Waals surface area contributed by atoms with Gasteiger partial charge in [0.25, 0.3) is 5.91 Å². The van der Waals surface area contributed by atoms with Crippen LogP contribution in [0.25, 0.3) is 0 Å². The standard InChI is InChI=1S/C13H18N2O4/c1-2-4-13(12(17)18)5-8-15(9-6-13)11(16)10-3-7-14-19-10/h3,7H,2,4-6,8-9H2,1H3,(H,17,18). The van der Waals surface area contributed by atoms with Gasteiger partial charge >= 0.3 is 5.97 Å². The average molecular weight is 266 g/mol. The van der Waals surface area contributed by atoms with E-state index in [9.17, 15) is 14.7 Å². The molecule has 0 unspecified atom stereocenters. The molecule has 1 N–H and O–H groups in total. The van der Waals surface area contributed by atoms with Crippen molar-refractivity contribution < 1.29 is 19.2 Å². The second kappa shape index (κ2) is 5.42. The van der Waals surface area contributed by atoms with Crippen LogP contribution in [0.15, 0.2) is 16.8 Å². The summed E-state index contributed by atoms with van der Waals surface area (Å²) in [6.07, 6.45) is 3.91. The van der Waals surface area contributed by atoms with E-state index in [1.807, 2.05) is 6.92 Å². The molecule has 1 aromatic heterocycles. The van der Waals surface area contributed by atoms with Crippen molar-refractivity contribution in [1.29, 1.82) is 0 Å². The van der Waals surface area contributed by atoms with E-state index in [0.29, 0.717) is 32.4 Å². The zero-order valence-electron chi connectivity index (χ0n) is 11.0. The first kappa shape index (κ1) is 13.6. The zero-order chi connectivity index (χ0) is 13.9. The van der Waals surface area contributed by atoms with E-state index in [1.165, 1.54) is 12.3 Å². The minimum Gasteiger partial charge on any atom is -0.481 e. The Bertz CT molecular complexity index is 447. The number of aromatic nitrogens is 1. The second-order valence-corrected chi connectivity index (χ2v) is 5.00. The van der Waals surface area contributed by atoms with Gasteiger partial charge in [-0.15, -0.1) is 0 Å². The maximum Gasteiger partial charge on any atom is 0.309 e. The molecule has 0 saturated carbocycles. The molecular weight excluding hydrogens is 248 g/mol. The number of aliphatic carboxylic acids is 1. The predicted molar refractivity (Wildman–Crippen MR) is 66.6 cm³/mol. The number of piperidine rings is 1. The molecule has 0 bridgehead atoms. The van der Waals surface area contributed by atoms with Crippen molar-refractivity contribution in [3.63, 3.8) is 0 Å². The summed E-state index contributed by atoms with van der Waals surface area (Å²) in [5.41, 5.74) is -0.674. The van der Waals surface area contributed by atoms with E-state index < -0.39 is 11.4 Å². The molecule has 6 nitrogen and oxygen atoms in total. The number of carbonyl (C=O) groups excluding carboxylic acids is 1. The Kier molecular flexibility index (Phi) is 3.87. The third-order valence-electron chi connectivity index (χ3n) is 3.84. The highest BCUT2D eigenvalue weighted by atomic mass is 16.5. The smallest absolute Gasteiger partial charge is 0.309 e. The van der Waals surface area contributed by atoms with Crippen molar-refractivity contribution in [2.45, 2.75) is 32.6 Å². The van der Waals surface area contributed by atoms with Gasteiger partial charge in [0.2, 0.25) is 5.76 Å². The van der Waals surface area contributed by atoms with E-state index in [0.717, 1.165) is 6.42 Å². The highest BCUT2D eigenvalue weighted by Gasteiger charge is 2.41. The highest BCUT2D eigenvalue weighted by molar-refractivity contribution is 5.91. The summed E-state index contributed by atoms with van der Waals surface area (Å²) in [4.78, 5) is 25.1. The normalized spacial score (nSPS) is 18.3. The molecule has 0 aliphatic carbocycles. The molecule has 1 aliphatic rings. The van der Waals surface area contributed by atoms with Gasteiger partial charge in [0.15, 0.2) is 0 Å². The number of nitrogens with zero attached hydrogens (tertiary/aromatic N) is 2. The van der Waals surface area contributed by atoms with Crippen molar-refractivity contribution >= 4 is 11.9 Å². The Hall–Kier alpha value is -1.85. The molecule has 2 heterocycles. The SMILES string of the molecule is CCCC1(C(=O)O)CCN(C(=O)c2ccno2)CC1. The van der Waals surface area contributed by atoms with Crippen LogP contribution in [-0.2, 0) is 4.79 Å². The first-order chi connectivity index (χ1) is 9.09. The summed E-state index contributed by atoms with van der Waals surface area (Å²) in [7, 11) is 0. The predicted octanol–water partition coefficient (Wildman–Crippen LogP) is 1.78. The number of rotatable bonds is 4. The molecule has 1 aromatic rings. The van der Waals surface area contributed by atoms with Crippen LogP contribution in [0.4, 0.5) is 0 Å². The number of carboxylic acid groups (broad SMARTS) is 1. The van der Waals surface area contributed by atoms with Crippen LogP contribution in [0.5, 0.6) is 0 Å². The van der Waals surface area contributed by atoms with Gasteiger partial charge in [-0.2, -0.15) is 0 Å². The zero-order valence-corrected chi connectivity index (χ0v) is 11.0. The number of likely N-dealkylation sites (tertiary alicyclic amines) is 1. The van der Waals surface area contributed by atoms with Gasteiger partial charge in [-0.1, -0.05) is 18.5 Å². The molecule has 104 valence electrons. The van der Waals surface area contributed by atoms with Gasteiger partial charge in [-0.05, 0) is 19.3 Å². The Morgan fingerprint density at radius 3 is 2.63 bits per heavy atom. The molecular formula is C13H18N2O4. The van der Waals surface area contributed by atoms with E-state index in [1.54, 1.807) is 4.90 Å². The maximum absolute atomic E-state index is 12.0. The molecule has 0 aromatic carbocycles. The number of amides is 1. The fourth-order valence-electron chi connectivity index (χ4n) is 2.67. The lowest BCUT2D eigenvalue weighted by Crippen LogP contribution is -2.46. The largest absolute Gasteiger partial charge is 0.481 e. The topological polar surface area (TPSA) is 83.6 Å². The number of hydrogen-bond acceptors (Lipinski definition) is 4. The molecule has 2 rings (SSSR count). The quantitative estimate of drug-likeness (QED) is 0.898. The molecule has 1 saturated heterocycles. The Balaban J connectivity index is 2.02. The summed E-state index contributed by atoms with van der Waals surface area (Å²) < 4.78 is 4.84. The average Bonchev–Trinajstić information content (AvgIpc) is 2.93. The Morgan fingerprint density at radius 1 is 1.47 bits per heavy atom. The molecule has 1 amide bonds. The Morgan fingerprint density at radius 2 is 2.16 bits per heavy atom.